The Balaban J connectivity index is 2.21. The van der Waals surface area contributed by atoms with Crippen molar-refractivity contribution >= 4 is 11.6 Å². The van der Waals surface area contributed by atoms with Crippen molar-refractivity contribution in [1.29, 1.82) is 0 Å². The number of rotatable bonds is 2. The third kappa shape index (κ3) is 2.30. The normalized spacial score (nSPS) is 19.0. The number of nitro groups is 1. The molecule has 18 heavy (non-hydrogen) atoms. The van der Waals surface area contributed by atoms with Crippen LogP contribution < -0.4 is 0 Å². The second-order valence-electron chi connectivity index (χ2n) is 4.12. The number of nitro benzene ring substituents is 1. The maximum absolute atomic E-state index is 13.4. The monoisotopic (exact) mass is 254 g/mol. The summed E-state index contributed by atoms with van der Waals surface area (Å²) in [6.45, 7) is 0.607. The molecular weight excluding hydrogens is 243 g/mol. The second kappa shape index (κ2) is 4.69. The number of nitrogens with zero attached hydrogens (tertiary/aromatic N) is 2. The average molecular weight is 254 g/mol. The first-order chi connectivity index (χ1) is 8.49. The van der Waals surface area contributed by atoms with Gasteiger partial charge in [-0.15, -0.1) is 0 Å². The first kappa shape index (κ1) is 12.4. The third-order valence-electron chi connectivity index (χ3n) is 2.84. The zero-order valence-corrected chi connectivity index (χ0v) is 9.38. The van der Waals surface area contributed by atoms with Crippen LogP contribution >= 0.6 is 0 Å². The van der Waals surface area contributed by atoms with Crippen molar-refractivity contribution in [2.75, 3.05) is 13.1 Å². The Labute approximate surface area is 102 Å². The molecular formula is C11H11FN2O4. The number of carbonyl (C=O) groups excluding carboxylic acids is 1. The van der Waals surface area contributed by atoms with Gasteiger partial charge in [-0.3, -0.25) is 14.9 Å². The molecule has 1 N–H and O–H groups in total. The largest absolute Gasteiger partial charge is 0.391 e. The van der Waals surface area contributed by atoms with E-state index in [4.69, 9.17) is 0 Å². The number of hydrogen-bond donors (Lipinski definition) is 1. The van der Waals surface area contributed by atoms with Crippen molar-refractivity contribution in [3.8, 4) is 0 Å². The summed E-state index contributed by atoms with van der Waals surface area (Å²) in [5, 5.41) is 19.7. The van der Waals surface area contributed by atoms with Crippen molar-refractivity contribution in [1.82, 2.24) is 4.90 Å². The summed E-state index contributed by atoms with van der Waals surface area (Å²) in [6, 6.07) is 3.04. The number of hydrogen-bond acceptors (Lipinski definition) is 4. The van der Waals surface area contributed by atoms with Crippen LogP contribution in [0.1, 0.15) is 16.8 Å². The van der Waals surface area contributed by atoms with Gasteiger partial charge in [0, 0.05) is 24.7 Å². The molecule has 1 aliphatic heterocycles. The van der Waals surface area contributed by atoms with Gasteiger partial charge in [-0.05, 0) is 18.6 Å². The molecule has 0 aromatic heterocycles. The molecule has 1 heterocycles. The van der Waals surface area contributed by atoms with Gasteiger partial charge in [0.15, 0.2) is 0 Å². The Morgan fingerprint density at radius 3 is 2.78 bits per heavy atom. The summed E-state index contributed by atoms with van der Waals surface area (Å²) in [4.78, 5) is 22.9. The highest BCUT2D eigenvalue weighted by molar-refractivity contribution is 5.94. The fraction of sp³-hybridized carbons (Fsp3) is 0.364. The van der Waals surface area contributed by atoms with Crippen LogP contribution in [-0.4, -0.2) is 40.0 Å². The lowest BCUT2D eigenvalue weighted by Crippen LogP contribution is -2.29. The summed E-state index contributed by atoms with van der Waals surface area (Å²) in [5.74, 6) is -1.47. The van der Waals surface area contributed by atoms with Crippen LogP contribution in [0.5, 0.6) is 0 Å². The average Bonchev–Trinajstić information content (AvgIpc) is 2.74. The van der Waals surface area contributed by atoms with E-state index < -0.39 is 28.4 Å². The van der Waals surface area contributed by atoms with E-state index in [9.17, 15) is 24.4 Å². The lowest BCUT2D eigenvalue weighted by molar-refractivity contribution is -0.387. The van der Waals surface area contributed by atoms with Crippen molar-refractivity contribution in [3.63, 3.8) is 0 Å². The van der Waals surface area contributed by atoms with Gasteiger partial charge in [0.1, 0.15) is 0 Å². The topological polar surface area (TPSA) is 83.7 Å². The number of likely N-dealkylation sites (tertiary alicyclic amines) is 1. The van der Waals surface area contributed by atoms with Gasteiger partial charge in [0.05, 0.1) is 11.0 Å². The summed E-state index contributed by atoms with van der Waals surface area (Å²) < 4.78 is 13.4. The highest BCUT2D eigenvalue weighted by atomic mass is 19.1. The lowest BCUT2D eigenvalue weighted by atomic mass is 10.1. The molecule has 1 fully saturated rings. The molecule has 1 aromatic carbocycles. The fourth-order valence-electron chi connectivity index (χ4n) is 1.90. The molecule has 1 aromatic rings. The summed E-state index contributed by atoms with van der Waals surface area (Å²) in [7, 11) is 0. The van der Waals surface area contributed by atoms with Crippen molar-refractivity contribution in [3.05, 3.63) is 39.7 Å². The van der Waals surface area contributed by atoms with Gasteiger partial charge in [0.25, 0.3) is 5.91 Å². The highest BCUT2D eigenvalue weighted by Crippen LogP contribution is 2.20. The third-order valence-corrected chi connectivity index (χ3v) is 2.84. The molecule has 1 aliphatic rings. The first-order valence-electron chi connectivity index (χ1n) is 5.40. The highest BCUT2D eigenvalue weighted by Gasteiger charge is 2.26. The van der Waals surface area contributed by atoms with Gasteiger partial charge >= 0.3 is 5.69 Å². The minimum absolute atomic E-state index is 0.0483. The van der Waals surface area contributed by atoms with E-state index in [2.05, 4.69) is 0 Å². The zero-order valence-electron chi connectivity index (χ0n) is 9.38. The molecule has 0 aliphatic carbocycles. The summed E-state index contributed by atoms with van der Waals surface area (Å²) in [5.41, 5.74) is -0.611. The smallest absolute Gasteiger partial charge is 0.304 e. The number of β-amino-alcohol motifs (C(OH)–C–C–N with tert-alkyl or cyclic N) is 1. The number of carbonyl (C=O) groups is 1. The van der Waals surface area contributed by atoms with E-state index >= 15 is 0 Å². The molecule has 6 nitrogen and oxygen atoms in total. The molecule has 0 spiro atoms. The van der Waals surface area contributed by atoms with E-state index in [-0.39, 0.29) is 12.1 Å². The van der Waals surface area contributed by atoms with E-state index in [1.54, 1.807) is 0 Å². The summed E-state index contributed by atoms with van der Waals surface area (Å²) >= 11 is 0. The number of aliphatic hydroxyl groups is 1. The number of amides is 1. The molecule has 2 rings (SSSR count). The SMILES string of the molecule is O=C(c1ccc([N+](=O)[O-])c(F)c1)N1CC[C@H](O)C1. The van der Waals surface area contributed by atoms with Crippen molar-refractivity contribution < 1.29 is 19.2 Å². The summed E-state index contributed by atoms with van der Waals surface area (Å²) in [6.07, 6.45) is -0.0712. The van der Waals surface area contributed by atoms with Crippen LogP contribution in [0.25, 0.3) is 0 Å². The Hall–Kier alpha value is -2.02. The zero-order chi connectivity index (χ0) is 13.3. The molecule has 1 saturated heterocycles. The van der Waals surface area contributed by atoms with Gasteiger partial charge in [0.2, 0.25) is 5.82 Å². The van der Waals surface area contributed by atoms with Gasteiger partial charge in [-0.25, -0.2) is 0 Å². The molecule has 7 heteroatoms. The Morgan fingerprint density at radius 2 is 2.28 bits per heavy atom. The van der Waals surface area contributed by atoms with Crippen LogP contribution in [0.4, 0.5) is 10.1 Å². The van der Waals surface area contributed by atoms with Crippen molar-refractivity contribution in [2.24, 2.45) is 0 Å². The van der Waals surface area contributed by atoms with Gasteiger partial charge < -0.3 is 10.0 Å². The van der Waals surface area contributed by atoms with Crippen LogP contribution in [0.3, 0.4) is 0 Å². The quantitative estimate of drug-likeness (QED) is 0.628. The molecule has 0 radical (unpaired) electrons. The lowest BCUT2D eigenvalue weighted by Gasteiger charge is -2.15. The van der Waals surface area contributed by atoms with E-state index in [0.29, 0.717) is 13.0 Å². The number of aliphatic hydroxyl groups excluding tert-OH is 1. The predicted molar refractivity (Wildman–Crippen MR) is 59.6 cm³/mol. The number of benzene rings is 1. The maximum atomic E-state index is 13.4. The molecule has 1 atom stereocenters. The predicted octanol–water partition coefficient (Wildman–Crippen LogP) is 0.941. The van der Waals surface area contributed by atoms with Crippen molar-refractivity contribution in [2.45, 2.75) is 12.5 Å². The molecule has 0 saturated carbocycles. The molecule has 0 unspecified atom stereocenters. The Morgan fingerprint density at radius 1 is 1.56 bits per heavy atom. The number of halogens is 1. The minimum Gasteiger partial charge on any atom is -0.391 e. The van der Waals surface area contributed by atoms with E-state index in [1.165, 1.54) is 11.0 Å². The fourth-order valence-corrected chi connectivity index (χ4v) is 1.90. The second-order valence-corrected chi connectivity index (χ2v) is 4.12. The van der Waals surface area contributed by atoms with Gasteiger partial charge in [-0.1, -0.05) is 0 Å². The maximum Gasteiger partial charge on any atom is 0.304 e. The van der Waals surface area contributed by atoms with Crippen LogP contribution in [-0.2, 0) is 0 Å². The minimum atomic E-state index is -1.04. The van der Waals surface area contributed by atoms with E-state index in [0.717, 1.165) is 12.1 Å². The van der Waals surface area contributed by atoms with Crippen LogP contribution in [0.15, 0.2) is 18.2 Å². The first-order valence-corrected chi connectivity index (χ1v) is 5.40. The Bertz CT molecular complexity index is 506. The molecule has 1 amide bonds. The standard InChI is InChI=1S/C11H11FN2O4/c12-9-5-7(1-2-10(9)14(17)18)11(16)13-4-3-8(15)6-13/h1-2,5,8,15H,3-4,6H2/t8-/m0/s1. The van der Waals surface area contributed by atoms with Crippen LogP contribution in [0.2, 0.25) is 0 Å². The molecule has 96 valence electrons. The Kier molecular flexibility index (Phi) is 3.24. The van der Waals surface area contributed by atoms with Gasteiger partial charge in [-0.2, -0.15) is 4.39 Å². The molecule has 0 bridgehead atoms. The van der Waals surface area contributed by atoms with E-state index in [1.807, 2.05) is 0 Å². The van der Waals surface area contributed by atoms with Crippen LogP contribution in [0, 0.1) is 15.9 Å².